The first-order valence-corrected chi connectivity index (χ1v) is 5.32. The van der Waals surface area contributed by atoms with Gasteiger partial charge in [0, 0.05) is 7.05 Å². The third kappa shape index (κ3) is 3.32. The Morgan fingerprint density at radius 3 is 2.50 bits per heavy atom. The van der Waals surface area contributed by atoms with Crippen molar-refractivity contribution in [1.82, 2.24) is 10.6 Å². The van der Waals surface area contributed by atoms with E-state index in [-0.39, 0.29) is 24.6 Å². The summed E-state index contributed by atoms with van der Waals surface area (Å²) in [7, 11) is 1.59. The molecule has 2 unspecified atom stereocenters. The van der Waals surface area contributed by atoms with Crippen molar-refractivity contribution in [3.8, 4) is 0 Å². The van der Waals surface area contributed by atoms with Gasteiger partial charge in [0.05, 0.1) is 18.7 Å². The zero-order valence-electron chi connectivity index (χ0n) is 9.60. The Bertz CT molecular complexity index is 327. The summed E-state index contributed by atoms with van der Waals surface area (Å²) >= 11 is 0. The molecule has 0 radical (unpaired) electrons. The zero-order chi connectivity index (χ0) is 12.0. The highest BCUT2D eigenvalue weighted by Crippen LogP contribution is 2.12. The van der Waals surface area contributed by atoms with Crippen LogP contribution < -0.4 is 10.6 Å². The van der Waals surface area contributed by atoms with E-state index in [0.717, 1.165) is 5.56 Å². The molecule has 0 saturated carbocycles. The molecule has 0 aromatic heterocycles. The maximum Gasteiger partial charge on any atom is 0.236 e. The van der Waals surface area contributed by atoms with Crippen LogP contribution in [-0.4, -0.2) is 30.7 Å². The number of hydrogen-bond acceptors (Lipinski definition) is 3. The first kappa shape index (κ1) is 12.7. The molecular weight excluding hydrogens is 204 g/mol. The Labute approximate surface area is 95.7 Å². The van der Waals surface area contributed by atoms with Crippen LogP contribution >= 0.6 is 0 Å². The van der Waals surface area contributed by atoms with Crippen molar-refractivity contribution in [3.05, 3.63) is 35.9 Å². The molecule has 0 aliphatic rings. The van der Waals surface area contributed by atoms with Gasteiger partial charge in [-0.15, -0.1) is 0 Å². The highest BCUT2D eigenvalue weighted by atomic mass is 16.3. The van der Waals surface area contributed by atoms with Crippen molar-refractivity contribution < 1.29 is 9.90 Å². The minimum atomic E-state index is -0.331. The van der Waals surface area contributed by atoms with Crippen molar-refractivity contribution in [2.24, 2.45) is 0 Å². The SMILES string of the molecule is CNC(=O)C(C)NC(CO)c1ccccc1. The van der Waals surface area contributed by atoms with E-state index >= 15 is 0 Å². The first-order chi connectivity index (χ1) is 7.69. The molecule has 4 nitrogen and oxygen atoms in total. The lowest BCUT2D eigenvalue weighted by atomic mass is 10.1. The molecule has 1 aromatic rings. The highest BCUT2D eigenvalue weighted by molar-refractivity contribution is 5.80. The number of aliphatic hydroxyl groups excluding tert-OH is 1. The Morgan fingerprint density at radius 1 is 1.38 bits per heavy atom. The summed E-state index contributed by atoms with van der Waals surface area (Å²) in [6, 6.07) is 9.03. The van der Waals surface area contributed by atoms with Crippen molar-refractivity contribution in [1.29, 1.82) is 0 Å². The Morgan fingerprint density at radius 2 is 2.00 bits per heavy atom. The van der Waals surface area contributed by atoms with E-state index in [1.807, 2.05) is 30.3 Å². The van der Waals surface area contributed by atoms with Gasteiger partial charge in [-0.2, -0.15) is 0 Å². The van der Waals surface area contributed by atoms with Gasteiger partial charge in [-0.05, 0) is 12.5 Å². The number of carbonyl (C=O) groups excluding carboxylic acids is 1. The van der Waals surface area contributed by atoms with Gasteiger partial charge in [0.1, 0.15) is 0 Å². The minimum absolute atomic E-state index is 0.0364. The van der Waals surface area contributed by atoms with Gasteiger partial charge >= 0.3 is 0 Å². The quantitative estimate of drug-likeness (QED) is 0.677. The monoisotopic (exact) mass is 222 g/mol. The van der Waals surface area contributed by atoms with E-state index in [9.17, 15) is 9.90 Å². The van der Waals surface area contributed by atoms with E-state index in [1.54, 1.807) is 14.0 Å². The van der Waals surface area contributed by atoms with Crippen LogP contribution in [0.4, 0.5) is 0 Å². The summed E-state index contributed by atoms with van der Waals surface area (Å²) in [5.41, 5.74) is 0.973. The number of benzene rings is 1. The second-order valence-electron chi connectivity index (χ2n) is 3.65. The molecule has 0 heterocycles. The molecule has 0 aliphatic heterocycles. The average molecular weight is 222 g/mol. The van der Waals surface area contributed by atoms with Crippen LogP contribution in [0.25, 0.3) is 0 Å². The third-order valence-corrected chi connectivity index (χ3v) is 2.48. The van der Waals surface area contributed by atoms with E-state index < -0.39 is 0 Å². The van der Waals surface area contributed by atoms with Crippen LogP contribution in [0.3, 0.4) is 0 Å². The van der Waals surface area contributed by atoms with Crippen LogP contribution in [0.2, 0.25) is 0 Å². The predicted octanol–water partition coefficient (Wildman–Crippen LogP) is 0.444. The highest BCUT2D eigenvalue weighted by Gasteiger charge is 2.17. The molecule has 0 fully saturated rings. The fraction of sp³-hybridized carbons (Fsp3) is 0.417. The number of carbonyl (C=O) groups is 1. The first-order valence-electron chi connectivity index (χ1n) is 5.32. The maximum absolute atomic E-state index is 11.3. The number of rotatable bonds is 5. The zero-order valence-corrected chi connectivity index (χ0v) is 9.60. The number of hydrogen-bond donors (Lipinski definition) is 3. The second-order valence-corrected chi connectivity index (χ2v) is 3.65. The standard InChI is InChI=1S/C12H18N2O2/c1-9(12(16)13-2)14-11(8-15)10-6-4-3-5-7-10/h3-7,9,11,14-15H,8H2,1-2H3,(H,13,16). The molecule has 1 amide bonds. The minimum Gasteiger partial charge on any atom is -0.394 e. The Hall–Kier alpha value is -1.39. The summed E-state index contributed by atoms with van der Waals surface area (Å²) in [6.07, 6.45) is 0. The van der Waals surface area contributed by atoms with Gasteiger partial charge in [-0.1, -0.05) is 30.3 Å². The third-order valence-electron chi connectivity index (χ3n) is 2.48. The number of amides is 1. The molecule has 2 atom stereocenters. The molecular formula is C12H18N2O2. The maximum atomic E-state index is 11.3. The number of nitrogens with one attached hydrogen (secondary N) is 2. The van der Waals surface area contributed by atoms with Gasteiger partial charge < -0.3 is 10.4 Å². The number of likely N-dealkylation sites (N-methyl/N-ethyl adjacent to an activating group) is 1. The summed E-state index contributed by atoms with van der Waals surface area (Å²) in [5.74, 6) is -0.0885. The molecule has 1 rings (SSSR count). The molecule has 0 saturated heterocycles. The molecule has 1 aromatic carbocycles. The molecule has 0 bridgehead atoms. The summed E-state index contributed by atoms with van der Waals surface area (Å²) in [6.45, 7) is 1.73. The van der Waals surface area contributed by atoms with E-state index in [0.29, 0.717) is 0 Å². The van der Waals surface area contributed by atoms with E-state index in [4.69, 9.17) is 0 Å². The fourth-order valence-corrected chi connectivity index (χ4v) is 1.53. The average Bonchev–Trinajstić information content (AvgIpc) is 2.35. The molecule has 3 N–H and O–H groups in total. The van der Waals surface area contributed by atoms with Crippen LogP contribution in [0.15, 0.2) is 30.3 Å². The van der Waals surface area contributed by atoms with Gasteiger partial charge in [-0.25, -0.2) is 0 Å². The van der Waals surface area contributed by atoms with Crippen molar-refractivity contribution in [3.63, 3.8) is 0 Å². The normalized spacial score (nSPS) is 14.2. The van der Waals surface area contributed by atoms with Crippen LogP contribution in [0.1, 0.15) is 18.5 Å². The Balaban J connectivity index is 2.66. The molecule has 0 aliphatic carbocycles. The van der Waals surface area contributed by atoms with Crippen LogP contribution in [0, 0.1) is 0 Å². The molecule has 0 spiro atoms. The van der Waals surface area contributed by atoms with Gasteiger partial charge in [0.15, 0.2) is 0 Å². The van der Waals surface area contributed by atoms with Crippen molar-refractivity contribution in [2.45, 2.75) is 19.0 Å². The molecule has 16 heavy (non-hydrogen) atoms. The Kier molecular flexibility index (Phi) is 4.95. The van der Waals surface area contributed by atoms with Gasteiger partial charge in [0.2, 0.25) is 5.91 Å². The fourth-order valence-electron chi connectivity index (χ4n) is 1.53. The number of aliphatic hydroxyl groups is 1. The second kappa shape index (κ2) is 6.25. The lowest BCUT2D eigenvalue weighted by Gasteiger charge is -2.20. The lowest BCUT2D eigenvalue weighted by molar-refractivity contribution is -0.122. The molecule has 88 valence electrons. The van der Waals surface area contributed by atoms with Crippen molar-refractivity contribution >= 4 is 5.91 Å². The lowest BCUT2D eigenvalue weighted by Crippen LogP contribution is -2.43. The van der Waals surface area contributed by atoms with Crippen molar-refractivity contribution in [2.75, 3.05) is 13.7 Å². The van der Waals surface area contributed by atoms with Gasteiger partial charge in [-0.3, -0.25) is 10.1 Å². The smallest absolute Gasteiger partial charge is 0.236 e. The van der Waals surface area contributed by atoms with Crippen LogP contribution in [-0.2, 0) is 4.79 Å². The van der Waals surface area contributed by atoms with Crippen LogP contribution in [0.5, 0.6) is 0 Å². The largest absolute Gasteiger partial charge is 0.394 e. The van der Waals surface area contributed by atoms with E-state index in [2.05, 4.69) is 10.6 Å². The predicted molar refractivity (Wildman–Crippen MR) is 62.9 cm³/mol. The van der Waals surface area contributed by atoms with E-state index in [1.165, 1.54) is 0 Å². The summed E-state index contributed by atoms with van der Waals surface area (Å²) in [5, 5.41) is 14.9. The van der Waals surface area contributed by atoms with Gasteiger partial charge in [0.25, 0.3) is 0 Å². The topological polar surface area (TPSA) is 61.4 Å². The summed E-state index contributed by atoms with van der Waals surface area (Å²) in [4.78, 5) is 11.3. The molecule has 4 heteroatoms. The summed E-state index contributed by atoms with van der Waals surface area (Å²) < 4.78 is 0.